The summed E-state index contributed by atoms with van der Waals surface area (Å²) in [7, 11) is 0. The zero-order chi connectivity index (χ0) is 16.9. The highest BCUT2D eigenvalue weighted by atomic mass is 35.5. The van der Waals surface area contributed by atoms with Crippen molar-refractivity contribution in [3.8, 4) is 0 Å². The second kappa shape index (κ2) is 5.59. The van der Waals surface area contributed by atoms with E-state index < -0.39 is 34.4 Å². The number of carbonyl (C=O) groups is 1. The largest absolute Gasteiger partial charge is 0.461 e. The van der Waals surface area contributed by atoms with Crippen LogP contribution in [0.1, 0.15) is 40.5 Å². The summed E-state index contributed by atoms with van der Waals surface area (Å²) in [6.07, 6.45) is -2.41. The summed E-state index contributed by atoms with van der Waals surface area (Å²) >= 11 is 5.28. The fraction of sp³-hybridized carbons (Fsp3) is 0.688. The standard InChI is InChI=1S/C16H20ClF3O2/c1-8-5-10(6-9(8)2)22-14(21)13-11(15(13,3)4)7-12(17)16(18,19)20/h7,10-11,13H,5-6H2,1-4H3/b12-7-/t11-,13+/m1/s1. The van der Waals surface area contributed by atoms with E-state index in [1.807, 2.05) is 13.8 Å². The summed E-state index contributed by atoms with van der Waals surface area (Å²) in [4.78, 5) is 12.2. The zero-order valence-corrected chi connectivity index (χ0v) is 13.8. The maximum Gasteiger partial charge on any atom is 0.426 e. The van der Waals surface area contributed by atoms with E-state index in [0.717, 1.165) is 6.08 Å². The molecule has 124 valence electrons. The minimum absolute atomic E-state index is 0.188. The first-order valence-corrected chi connectivity index (χ1v) is 7.62. The Hall–Kier alpha value is -0.970. The molecule has 0 aromatic heterocycles. The van der Waals surface area contributed by atoms with Gasteiger partial charge in [0.25, 0.3) is 0 Å². The Bertz CT molecular complexity index is 532. The fourth-order valence-electron chi connectivity index (χ4n) is 3.12. The lowest BCUT2D eigenvalue weighted by atomic mass is 10.1. The normalized spacial score (nSPS) is 29.0. The number of allylic oxidation sites excluding steroid dienone is 2. The van der Waals surface area contributed by atoms with E-state index in [9.17, 15) is 18.0 Å². The van der Waals surface area contributed by atoms with Crippen molar-refractivity contribution in [1.82, 2.24) is 0 Å². The predicted molar refractivity (Wildman–Crippen MR) is 78.2 cm³/mol. The van der Waals surface area contributed by atoms with Gasteiger partial charge in [0.2, 0.25) is 0 Å². The number of ether oxygens (including phenoxy) is 1. The van der Waals surface area contributed by atoms with Crippen molar-refractivity contribution in [3.63, 3.8) is 0 Å². The first-order valence-electron chi connectivity index (χ1n) is 7.24. The van der Waals surface area contributed by atoms with Gasteiger partial charge in [-0.3, -0.25) is 4.79 Å². The van der Waals surface area contributed by atoms with Crippen LogP contribution in [0.5, 0.6) is 0 Å². The molecule has 0 aromatic carbocycles. The van der Waals surface area contributed by atoms with Crippen molar-refractivity contribution >= 4 is 17.6 Å². The predicted octanol–water partition coefficient (Wildman–Crippen LogP) is 4.99. The summed E-state index contributed by atoms with van der Waals surface area (Å²) in [6, 6.07) is 0. The lowest BCUT2D eigenvalue weighted by molar-refractivity contribution is -0.151. The number of rotatable bonds is 3. The van der Waals surface area contributed by atoms with Crippen LogP contribution in [0.4, 0.5) is 13.2 Å². The molecule has 0 N–H and O–H groups in total. The molecule has 0 saturated heterocycles. The first-order chi connectivity index (χ1) is 9.94. The van der Waals surface area contributed by atoms with Crippen LogP contribution in [0.2, 0.25) is 0 Å². The van der Waals surface area contributed by atoms with Crippen molar-refractivity contribution in [3.05, 3.63) is 22.3 Å². The van der Waals surface area contributed by atoms with Gasteiger partial charge in [0.05, 0.1) is 5.92 Å². The quantitative estimate of drug-likeness (QED) is 0.536. The highest BCUT2D eigenvalue weighted by molar-refractivity contribution is 6.30. The number of carbonyl (C=O) groups excluding carboxylic acids is 1. The van der Waals surface area contributed by atoms with Gasteiger partial charge in [-0.25, -0.2) is 0 Å². The smallest absolute Gasteiger partial charge is 0.426 e. The van der Waals surface area contributed by atoms with E-state index >= 15 is 0 Å². The molecule has 2 aliphatic carbocycles. The molecular formula is C16H20ClF3O2. The number of halogens is 4. The van der Waals surface area contributed by atoms with Gasteiger partial charge in [-0.1, -0.05) is 42.7 Å². The Balaban J connectivity index is 2.00. The second-order valence-electron chi connectivity index (χ2n) is 6.86. The van der Waals surface area contributed by atoms with Crippen molar-refractivity contribution in [1.29, 1.82) is 0 Å². The monoisotopic (exact) mass is 336 g/mol. The number of alkyl halides is 3. The van der Waals surface area contributed by atoms with Crippen LogP contribution >= 0.6 is 11.6 Å². The molecule has 2 nitrogen and oxygen atoms in total. The summed E-state index contributed by atoms with van der Waals surface area (Å²) < 4.78 is 43.0. The molecule has 0 aliphatic heterocycles. The summed E-state index contributed by atoms with van der Waals surface area (Å²) in [6.45, 7) is 7.51. The van der Waals surface area contributed by atoms with Crippen molar-refractivity contribution < 1.29 is 22.7 Å². The summed E-state index contributed by atoms with van der Waals surface area (Å²) in [5.41, 5.74) is 1.87. The topological polar surface area (TPSA) is 26.3 Å². The van der Waals surface area contributed by atoms with Crippen molar-refractivity contribution in [2.24, 2.45) is 17.3 Å². The van der Waals surface area contributed by atoms with Crippen molar-refractivity contribution in [2.45, 2.75) is 52.8 Å². The van der Waals surface area contributed by atoms with Crippen LogP contribution in [0, 0.1) is 17.3 Å². The molecular weight excluding hydrogens is 317 g/mol. The van der Waals surface area contributed by atoms with E-state index in [-0.39, 0.29) is 6.10 Å². The zero-order valence-electron chi connectivity index (χ0n) is 13.1. The van der Waals surface area contributed by atoms with Gasteiger partial charge in [0, 0.05) is 12.8 Å². The Morgan fingerprint density at radius 1 is 1.27 bits per heavy atom. The van der Waals surface area contributed by atoms with Crippen LogP contribution in [-0.4, -0.2) is 18.2 Å². The van der Waals surface area contributed by atoms with E-state index in [2.05, 4.69) is 0 Å². The molecule has 0 unspecified atom stereocenters. The molecule has 0 spiro atoms. The van der Waals surface area contributed by atoms with Gasteiger partial charge in [-0.2, -0.15) is 13.2 Å². The van der Waals surface area contributed by atoms with Crippen LogP contribution in [0.25, 0.3) is 0 Å². The van der Waals surface area contributed by atoms with E-state index in [0.29, 0.717) is 12.8 Å². The molecule has 2 rings (SSSR count). The number of hydrogen-bond donors (Lipinski definition) is 0. The van der Waals surface area contributed by atoms with Gasteiger partial charge < -0.3 is 4.74 Å². The van der Waals surface area contributed by atoms with Crippen LogP contribution in [0.3, 0.4) is 0 Å². The average molecular weight is 337 g/mol. The number of hydrogen-bond acceptors (Lipinski definition) is 2. The van der Waals surface area contributed by atoms with E-state index in [1.54, 1.807) is 13.8 Å². The van der Waals surface area contributed by atoms with Crippen LogP contribution in [-0.2, 0) is 9.53 Å². The maximum absolute atomic E-state index is 12.5. The van der Waals surface area contributed by atoms with E-state index in [4.69, 9.17) is 16.3 Å². The Morgan fingerprint density at radius 2 is 1.77 bits per heavy atom. The molecule has 6 heteroatoms. The molecule has 0 aromatic rings. The SMILES string of the molecule is CC1=C(C)CC(OC(=O)[C@@H]2[C@@H](/C=C(\Cl)C(F)(F)F)C2(C)C)C1. The third kappa shape index (κ3) is 3.34. The fourth-order valence-corrected chi connectivity index (χ4v) is 3.25. The van der Waals surface area contributed by atoms with Crippen molar-refractivity contribution in [2.75, 3.05) is 0 Å². The van der Waals surface area contributed by atoms with Gasteiger partial charge in [0.1, 0.15) is 11.1 Å². The molecule has 1 fully saturated rings. The Morgan fingerprint density at radius 3 is 2.23 bits per heavy atom. The average Bonchev–Trinajstić information content (AvgIpc) is 2.73. The third-order valence-corrected chi connectivity index (χ3v) is 5.18. The molecule has 0 amide bonds. The van der Waals surface area contributed by atoms with Gasteiger partial charge >= 0.3 is 12.1 Å². The van der Waals surface area contributed by atoms with Gasteiger partial charge in [-0.15, -0.1) is 0 Å². The lowest BCUT2D eigenvalue weighted by Gasteiger charge is -2.12. The highest BCUT2D eigenvalue weighted by Gasteiger charge is 2.62. The molecule has 22 heavy (non-hydrogen) atoms. The third-order valence-electron chi connectivity index (χ3n) is 4.84. The maximum atomic E-state index is 12.5. The lowest BCUT2D eigenvalue weighted by Crippen LogP contribution is -2.19. The minimum atomic E-state index is -4.57. The minimum Gasteiger partial charge on any atom is -0.461 e. The molecule has 0 heterocycles. The van der Waals surface area contributed by atoms with Gasteiger partial charge in [-0.05, 0) is 25.2 Å². The molecule has 0 radical (unpaired) electrons. The number of esters is 1. The van der Waals surface area contributed by atoms with Crippen LogP contribution in [0.15, 0.2) is 22.3 Å². The van der Waals surface area contributed by atoms with E-state index in [1.165, 1.54) is 11.1 Å². The van der Waals surface area contributed by atoms with Gasteiger partial charge in [0.15, 0.2) is 0 Å². The highest BCUT2D eigenvalue weighted by Crippen LogP contribution is 2.60. The first kappa shape index (κ1) is 17.4. The summed E-state index contributed by atoms with van der Waals surface area (Å²) in [5.74, 6) is -1.53. The van der Waals surface area contributed by atoms with Crippen LogP contribution < -0.4 is 0 Å². The Labute approximate surface area is 133 Å². The molecule has 2 aliphatic rings. The Kier molecular flexibility index (Phi) is 4.42. The molecule has 0 bridgehead atoms. The summed E-state index contributed by atoms with van der Waals surface area (Å²) in [5, 5.41) is -1.17. The molecule has 2 atom stereocenters. The molecule has 1 saturated carbocycles. The second-order valence-corrected chi connectivity index (χ2v) is 7.27.